The molecule has 0 spiro atoms. The van der Waals surface area contributed by atoms with E-state index in [1.54, 1.807) is 0 Å². The molecule has 1 atom stereocenters. The van der Waals surface area contributed by atoms with Crippen molar-refractivity contribution in [2.45, 2.75) is 13.0 Å². The molecule has 2 N–H and O–H groups in total. The number of hydrogen-bond acceptors (Lipinski definition) is 5. The lowest BCUT2D eigenvalue weighted by molar-refractivity contribution is -0.118. The Morgan fingerprint density at radius 2 is 2.38 bits per heavy atom. The summed E-state index contributed by atoms with van der Waals surface area (Å²) in [5.41, 5.74) is 2.33. The van der Waals surface area contributed by atoms with Gasteiger partial charge in [-0.3, -0.25) is 9.69 Å². The van der Waals surface area contributed by atoms with Crippen molar-refractivity contribution in [3.8, 4) is 0 Å². The first-order valence-electron chi connectivity index (χ1n) is 6.70. The van der Waals surface area contributed by atoms with Gasteiger partial charge in [-0.15, -0.1) is 12.4 Å². The smallest absolute Gasteiger partial charge is 0.238 e. The number of rotatable bonds is 3. The van der Waals surface area contributed by atoms with E-state index in [0.717, 1.165) is 48.1 Å². The first-order chi connectivity index (χ1) is 9.74. The summed E-state index contributed by atoms with van der Waals surface area (Å²) < 4.78 is 8.40. The number of halogens is 1. The summed E-state index contributed by atoms with van der Waals surface area (Å²) >= 11 is 1.16. The second-order valence-corrected chi connectivity index (χ2v) is 5.54. The molecule has 2 aliphatic rings. The first-order valence-corrected chi connectivity index (χ1v) is 7.43. The second-order valence-electron chi connectivity index (χ2n) is 5.01. The van der Waals surface area contributed by atoms with E-state index in [0.29, 0.717) is 12.6 Å². The van der Waals surface area contributed by atoms with Gasteiger partial charge < -0.3 is 10.6 Å². The predicted molar refractivity (Wildman–Crippen MR) is 87.8 cm³/mol. The summed E-state index contributed by atoms with van der Waals surface area (Å²) in [6.45, 7) is 5.31. The van der Waals surface area contributed by atoms with Crippen LogP contribution in [0.1, 0.15) is 6.92 Å². The number of hydrogen-bond donors (Lipinski definition) is 2. The van der Waals surface area contributed by atoms with Crippen LogP contribution in [0, 0.1) is 0 Å². The van der Waals surface area contributed by atoms with Crippen LogP contribution in [0.4, 0.5) is 17.1 Å². The average Bonchev–Trinajstić information content (AvgIpc) is 2.91. The Morgan fingerprint density at radius 3 is 3.19 bits per heavy atom. The van der Waals surface area contributed by atoms with E-state index < -0.39 is 0 Å². The maximum absolute atomic E-state index is 12.2. The fourth-order valence-electron chi connectivity index (χ4n) is 2.40. The number of benzene rings is 1. The highest BCUT2D eigenvalue weighted by atomic mass is 35.5. The largest absolute Gasteiger partial charge is 0.323 e. The van der Waals surface area contributed by atoms with E-state index in [2.05, 4.69) is 31.2 Å². The van der Waals surface area contributed by atoms with Gasteiger partial charge in [-0.1, -0.05) is 6.07 Å². The Balaban J connectivity index is 0.00000161. The molecule has 2 aliphatic heterocycles. The van der Waals surface area contributed by atoms with E-state index in [1.165, 1.54) is 0 Å². The van der Waals surface area contributed by atoms with Crippen molar-refractivity contribution in [3.63, 3.8) is 0 Å². The van der Waals surface area contributed by atoms with E-state index >= 15 is 0 Å². The van der Waals surface area contributed by atoms with Gasteiger partial charge in [-0.25, -0.2) is 0 Å². The van der Waals surface area contributed by atoms with Gasteiger partial charge in [-0.2, -0.15) is 8.73 Å². The molecule has 0 bridgehead atoms. The molecule has 1 saturated heterocycles. The number of amides is 1. The van der Waals surface area contributed by atoms with Gasteiger partial charge in [0.25, 0.3) is 0 Å². The summed E-state index contributed by atoms with van der Waals surface area (Å²) in [5.74, 6) is -0.000694. The lowest BCUT2D eigenvalue weighted by Gasteiger charge is -2.33. The van der Waals surface area contributed by atoms with Crippen molar-refractivity contribution in [3.05, 3.63) is 18.2 Å². The number of nitrogens with one attached hydrogen (secondary N) is 2. The van der Waals surface area contributed by atoms with Crippen molar-refractivity contribution in [2.75, 3.05) is 31.5 Å². The third kappa shape index (κ3) is 3.68. The lowest BCUT2D eigenvalue weighted by Crippen LogP contribution is -2.51. The molecule has 21 heavy (non-hydrogen) atoms. The van der Waals surface area contributed by atoms with Crippen LogP contribution in [0.25, 0.3) is 0 Å². The summed E-state index contributed by atoms with van der Waals surface area (Å²) in [7, 11) is 0. The standard InChI is InChI=1S/C13H17N5OS.ClH/c1-9-7-14-5-6-18(9)8-12(19)15-10-3-2-4-11-13(10)17-20-16-11;/h2-4,9,14H,5-8H2,1H3,(H,15,19);1H. The highest BCUT2D eigenvalue weighted by Crippen LogP contribution is 2.38. The van der Waals surface area contributed by atoms with E-state index in [1.807, 2.05) is 18.2 Å². The van der Waals surface area contributed by atoms with Gasteiger partial charge >= 0.3 is 0 Å². The minimum absolute atomic E-state index is 0. The Hall–Kier alpha value is -1.28. The molecule has 0 aliphatic carbocycles. The third-order valence-electron chi connectivity index (χ3n) is 3.55. The highest BCUT2D eigenvalue weighted by Gasteiger charge is 2.21. The summed E-state index contributed by atoms with van der Waals surface area (Å²) in [6, 6.07) is 6.02. The van der Waals surface area contributed by atoms with Crippen LogP contribution in [-0.2, 0) is 16.1 Å². The molecule has 114 valence electrons. The topological polar surface area (TPSA) is 69.1 Å². The molecule has 2 heterocycles. The van der Waals surface area contributed by atoms with E-state index in [-0.39, 0.29) is 18.3 Å². The van der Waals surface area contributed by atoms with E-state index in [9.17, 15) is 4.79 Å². The summed E-state index contributed by atoms with van der Waals surface area (Å²) in [5, 5.41) is 6.26. The maximum atomic E-state index is 12.2. The zero-order valence-electron chi connectivity index (χ0n) is 11.7. The van der Waals surface area contributed by atoms with Crippen LogP contribution in [0.2, 0.25) is 0 Å². The molecular formula is C13H18ClN5OS. The Labute approximate surface area is 133 Å². The van der Waals surface area contributed by atoms with Crippen LogP contribution in [0.3, 0.4) is 0 Å². The number of carbonyl (C=O) groups is 1. The molecule has 1 amide bonds. The fraction of sp³-hybridized carbons (Fsp3) is 0.462. The molecule has 6 nitrogen and oxygen atoms in total. The van der Waals surface area contributed by atoms with Crippen LogP contribution in [0.15, 0.2) is 26.9 Å². The minimum Gasteiger partial charge on any atom is -0.323 e. The van der Waals surface area contributed by atoms with Crippen LogP contribution in [-0.4, -0.2) is 43.0 Å². The number of nitrogens with zero attached hydrogens (tertiary/aromatic N) is 3. The second kappa shape index (κ2) is 7.13. The van der Waals surface area contributed by atoms with Crippen molar-refractivity contribution >= 4 is 46.7 Å². The molecule has 1 unspecified atom stereocenters. The van der Waals surface area contributed by atoms with Gasteiger partial charge in [0.1, 0.15) is 11.4 Å². The monoisotopic (exact) mass is 327 g/mol. The van der Waals surface area contributed by atoms with Crippen molar-refractivity contribution in [2.24, 2.45) is 8.73 Å². The number of carbonyl (C=O) groups excluding carboxylic acids is 1. The van der Waals surface area contributed by atoms with Gasteiger partial charge in [0.15, 0.2) is 0 Å². The third-order valence-corrected chi connectivity index (χ3v) is 4.09. The van der Waals surface area contributed by atoms with Crippen molar-refractivity contribution < 1.29 is 4.79 Å². The summed E-state index contributed by atoms with van der Waals surface area (Å²) in [6.07, 6.45) is 0. The molecule has 0 radical (unpaired) electrons. The van der Waals surface area contributed by atoms with Gasteiger partial charge in [0, 0.05) is 25.7 Å². The molecule has 1 fully saturated rings. The molecule has 3 rings (SSSR count). The van der Waals surface area contributed by atoms with E-state index in [4.69, 9.17) is 0 Å². The van der Waals surface area contributed by atoms with Crippen LogP contribution >= 0.6 is 12.4 Å². The minimum atomic E-state index is -0.000694. The highest BCUT2D eigenvalue weighted by molar-refractivity contribution is 7.58. The molecule has 1 aromatic carbocycles. The zero-order valence-corrected chi connectivity index (χ0v) is 13.3. The molecule has 1 aromatic rings. The first kappa shape index (κ1) is 16.1. The van der Waals surface area contributed by atoms with Gasteiger partial charge in [-0.05, 0) is 19.1 Å². The molecule has 0 saturated carbocycles. The Morgan fingerprint density at radius 1 is 1.52 bits per heavy atom. The predicted octanol–water partition coefficient (Wildman–Crippen LogP) is 2.07. The fourth-order valence-corrected chi connectivity index (χ4v) is 2.95. The van der Waals surface area contributed by atoms with Crippen molar-refractivity contribution in [1.82, 2.24) is 10.2 Å². The van der Waals surface area contributed by atoms with Crippen LogP contribution < -0.4 is 10.6 Å². The summed E-state index contributed by atoms with van der Waals surface area (Å²) in [4.78, 5) is 14.4. The van der Waals surface area contributed by atoms with Crippen molar-refractivity contribution in [1.29, 1.82) is 0 Å². The number of piperazine rings is 1. The molecular weight excluding hydrogens is 310 g/mol. The Kier molecular flexibility index (Phi) is 5.46. The number of fused-ring (bicyclic) bond motifs is 1. The normalized spacial score (nSPS) is 20.3. The van der Waals surface area contributed by atoms with Gasteiger partial charge in [0.2, 0.25) is 5.91 Å². The molecule has 0 aromatic heterocycles. The Bertz CT molecular complexity index is 602. The SMILES string of the molecule is CC1CNCCN1CC(=O)Nc1cccc2c1N=S=N2.Cl. The number of anilines is 1. The zero-order chi connectivity index (χ0) is 13.9. The van der Waals surface area contributed by atoms with Gasteiger partial charge in [0.05, 0.1) is 23.6 Å². The maximum Gasteiger partial charge on any atom is 0.238 e. The average molecular weight is 328 g/mol. The van der Waals surface area contributed by atoms with Crippen LogP contribution in [0.5, 0.6) is 0 Å². The quantitative estimate of drug-likeness (QED) is 0.906. The molecule has 8 heteroatoms. The lowest BCUT2D eigenvalue weighted by atomic mass is 10.2.